The Morgan fingerprint density at radius 3 is 2.74 bits per heavy atom. The summed E-state index contributed by atoms with van der Waals surface area (Å²) in [5, 5.41) is 21.8. The molecule has 0 radical (unpaired) electrons. The van der Waals surface area contributed by atoms with Crippen LogP contribution in [0, 0.1) is 0 Å². The third kappa shape index (κ3) is 3.29. The van der Waals surface area contributed by atoms with Crippen molar-refractivity contribution in [1.82, 2.24) is 30.0 Å². The zero-order valence-electron chi connectivity index (χ0n) is 17.1. The lowest BCUT2D eigenvalue weighted by atomic mass is 9.82. The summed E-state index contributed by atoms with van der Waals surface area (Å²) in [7, 11) is 0. The Bertz CT molecular complexity index is 1150. The van der Waals surface area contributed by atoms with E-state index in [2.05, 4.69) is 25.5 Å². The lowest BCUT2D eigenvalue weighted by Gasteiger charge is -2.41. The van der Waals surface area contributed by atoms with E-state index in [0.29, 0.717) is 16.8 Å². The van der Waals surface area contributed by atoms with Crippen LogP contribution in [0.3, 0.4) is 0 Å². The molecule has 0 aliphatic carbocycles. The summed E-state index contributed by atoms with van der Waals surface area (Å²) in [6.07, 6.45) is 6.03. The molecule has 4 heterocycles. The third-order valence-electron chi connectivity index (χ3n) is 6.28. The minimum Gasteiger partial charge on any atom is -0.507 e. The molecule has 2 bridgehead atoms. The Morgan fingerprint density at radius 1 is 1.23 bits per heavy atom. The number of aromatic nitrogens is 5. The zero-order valence-corrected chi connectivity index (χ0v) is 17.1. The van der Waals surface area contributed by atoms with Gasteiger partial charge in [-0.3, -0.25) is 0 Å². The van der Waals surface area contributed by atoms with Gasteiger partial charge in [0.25, 0.3) is 0 Å². The summed E-state index contributed by atoms with van der Waals surface area (Å²) in [5.41, 5.74) is 0.358. The quantitative estimate of drug-likeness (QED) is 0.670. The highest BCUT2D eigenvalue weighted by Crippen LogP contribution is 2.47. The summed E-state index contributed by atoms with van der Waals surface area (Å²) in [5.74, 6) is 0.279. The van der Waals surface area contributed by atoms with Crippen LogP contribution < -0.4 is 5.32 Å². The van der Waals surface area contributed by atoms with Gasteiger partial charge in [-0.25, -0.2) is 18.7 Å². The van der Waals surface area contributed by atoms with E-state index < -0.39 is 23.4 Å². The number of imidazole rings is 1. The van der Waals surface area contributed by atoms with Crippen LogP contribution in [0.2, 0.25) is 0 Å². The third-order valence-corrected chi connectivity index (χ3v) is 6.28. The molecule has 0 spiro atoms. The summed E-state index contributed by atoms with van der Waals surface area (Å²) >= 11 is 0. The number of benzene rings is 1. The number of nitrogens with zero attached hydrogens (tertiary/aromatic N) is 5. The number of hydrogen-bond acceptors (Lipinski definition) is 6. The second kappa shape index (κ2) is 6.91. The van der Waals surface area contributed by atoms with Crippen LogP contribution in [0.4, 0.5) is 8.78 Å². The Kier molecular flexibility index (Phi) is 4.40. The van der Waals surface area contributed by atoms with E-state index in [-0.39, 0.29) is 24.4 Å². The fraction of sp³-hybridized carbons (Fsp3) is 0.364. The molecule has 2 saturated heterocycles. The maximum absolute atomic E-state index is 15.1. The average molecular weight is 424 g/mol. The molecule has 2 aliphatic heterocycles. The van der Waals surface area contributed by atoms with Gasteiger partial charge >= 0.3 is 0 Å². The molecular weight excluding hydrogens is 402 g/mol. The molecule has 0 amide bonds. The second-order valence-corrected chi connectivity index (χ2v) is 8.76. The van der Waals surface area contributed by atoms with Crippen molar-refractivity contribution in [2.24, 2.45) is 0 Å². The molecule has 9 heteroatoms. The molecule has 0 unspecified atom stereocenters. The van der Waals surface area contributed by atoms with Gasteiger partial charge in [0.2, 0.25) is 0 Å². The summed E-state index contributed by atoms with van der Waals surface area (Å²) in [6, 6.07) is 5.14. The molecule has 2 fully saturated rings. The van der Waals surface area contributed by atoms with Gasteiger partial charge in [-0.1, -0.05) is 0 Å². The van der Waals surface area contributed by atoms with Gasteiger partial charge in [-0.15, -0.1) is 10.2 Å². The topological polar surface area (TPSA) is 88.8 Å². The first-order valence-electron chi connectivity index (χ1n) is 10.1. The van der Waals surface area contributed by atoms with Crippen molar-refractivity contribution in [2.75, 3.05) is 0 Å². The van der Waals surface area contributed by atoms with Crippen LogP contribution in [-0.4, -0.2) is 53.3 Å². The fourth-order valence-electron chi connectivity index (χ4n) is 4.70. The van der Waals surface area contributed by atoms with Crippen LogP contribution in [0.15, 0.2) is 48.7 Å². The van der Waals surface area contributed by atoms with Gasteiger partial charge in [0, 0.05) is 30.4 Å². The maximum atomic E-state index is 15.1. The fourth-order valence-corrected chi connectivity index (χ4v) is 4.70. The van der Waals surface area contributed by atoms with Gasteiger partial charge in [0.1, 0.15) is 23.8 Å². The van der Waals surface area contributed by atoms with Gasteiger partial charge in [-0.2, -0.15) is 0 Å². The van der Waals surface area contributed by atoms with E-state index in [4.69, 9.17) is 0 Å². The minimum atomic E-state index is -1.33. The van der Waals surface area contributed by atoms with E-state index in [9.17, 15) is 9.50 Å². The lowest BCUT2D eigenvalue weighted by molar-refractivity contribution is 0.151. The van der Waals surface area contributed by atoms with Crippen molar-refractivity contribution in [3.63, 3.8) is 0 Å². The molecule has 3 aromatic rings. The van der Waals surface area contributed by atoms with Gasteiger partial charge in [-0.05, 0) is 44.1 Å². The normalized spacial score (nSPS) is 31.3. The standard InChI is InChI=1S/C22H22F2N6O/c1-21-9-13(20(24)22(2,29-21)10-18(21)23)7-19-26-11-16(27-28-19)15-4-3-14(8-17(15)31)30-6-5-25-12-30/h3-8,11-12,18,20,29,31H,9-10H2,1-2H3/b13-7+/t18-,20+,21+,22+/m1/s1. The first-order valence-corrected chi connectivity index (χ1v) is 10.1. The van der Waals surface area contributed by atoms with Crippen LogP contribution in [0.5, 0.6) is 5.75 Å². The number of rotatable bonds is 3. The van der Waals surface area contributed by atoms with Crippen LogP contribution in [0.25, 0.3) is 23.0 Å². The Hall–Kier alpha value is -3.20. The number of piperidine rings is 1. The number of halogens is 2. The van der Waals surface area contributed by atoms with Crippen LogP contribution >= 0.6 is 0 Å². The average Bonchev–Trinajstić information content (AvgIpc) is 3.33. The van der Waals surface area contributed by atoms with E-state index >= 15 is 4.39 Å². The molecule has 1 aromatic carbocycles. The molecule has 2 N–H and O–H groups in total. The Balaban J connectivity index is 1.41. The highest BCUT2D eigenvalue weighted by atomic mass is 19.1. The summed E-state index contributed by atoms with van der Waals surface area (Å²) in [4.78, 5) is 8.26. The predicted molar refractivity (Wildman–Crippen MR) is 111 cm³/mol. The van der Waals surface area contributed by atoms with Crippen molar-refractivity contribution in [2.45, 2.75) is 50.1 Å². The highest BCUT2D eigenvalue weighted by molar-refractivity contribution is 5.68. The van der Waals surface area contributed by atoms with Gasteiger partial charge in [0.05, 0.1) is 29.3 Å². The van der Waals surface area contributed by atoms with Crippen LogP contribution in [0.1, 0.15) is 32.5 Å². The molecule has 7 nitrogen and oxygen atoms in total. The molecule has 4 atom stereocenters. The number of phenols is 1. The number of aromatic hydroxyl groups is 1. The van der Waals surface area contributed by atoms with E-state index in [1.807, 2.05) is 6.07 Å². The van der Waals surface area contributed by atoms with Crippen molar-refractivity contribution in [1.29, 1.82) is 0 Å². The lowest BCUT2D eigenvalue weighted by Crippen LogP contribution is -2.58. The van der Waals surface area contributed by atoms with Crippen molar-refractivity contribution in [3.05, 3.63) is 54.5 Å². The summed E-state index contributed by atoms with van der Waals surface area (Å²) < 4.78 is 31.3. The van der Waals surface area contributed by atoms with Gasteiger partial charge in [0.15, 0.2) is 5.82 Å². The SMILES string of the molecule is C[C@]12C/C(=C\c3ncc(-c4ccc(-n5ccnc5)cc4O)nn3)[C@H](F)[C@](C)(C[C@H]1F)N2. The zero-order chi connectivity index (χ0) is 21.8. The monoisotopic (exact) mass is 424 g/mol. The van der Waals surface area contributed by atoms with E-state index in [1.54, 1.807) is 55.3 Å². The van der Waals surface area contributed by atoms with Crippen molar-refractivity contribution < 1.29 is 13.9 Å². The molecule has 2 aliphatic rings. The van der Waals surface area contributed by atoms with E-state index in [1.165, 1.54) is 6.20 Å². The summed E-state index contributed by atoms with van der Waals surface area (Å²) in [6.45, 7) is 3.49. The Labute approximate surface area is 177 Å². The molecule has 2 aromatic heterocycles. The number of alkyl halides is 2. The first kappa shape index (κ1) is 19.7. The predicted octanol–water partition coefficient (Wildman–Crippen LogP) is 3.40. The second-order valence-electron chi connectivity index (χ2n) is 8.76. The van der Waals surface area contributed by atoms with E-state index in [0.717, 1.165) is 5.69 Å². The maximum Gasteiger partial charge on any atom is 0.174 e. The Morgan fingerprint density at radius 2 is 2.06 bits per heavy atom. The number of phenolic OH excluding ortho intramolecular Hbond substituents is 1. The highest BCUT2D eigenvalue weighted by Gasteiger charge is 2.58. The smallest absolute Gasteiger partial charge is 0.174 e. The number of hydrogen-bond donors (Lipinski definition) is 2. The molecular formula is C22H22F2N6O. The number of nitrogens with one attached hydrogen (secondary N) is 1. The largest absolute Gasteiger partial charge is 0.507 e. The molecule has 160 valence electrons. The number of fused-ring (bicyclic) bond motifs is 2. The van der Waals surface area contributed by atoms with Crippen molar-refractivity contribution >= 4 is 6.08 Å². The molecule has 0 saturated carbocycles. The minimum absolute atomic E-state index is 0.0296. The molecule has 5 rings (SSSR count). The first-order chi connectivity index (χ1) is 14.8. The van der Waals surface area contributed by atoms with Crippen molar-refractivity contribution in [3.8, 4) is 22.7 Å². The van der Waals surface area contributed by atoms with Crippen LogP contribution in [-0.2, 0) is 0 Å². The molecule has 31 heavy (non-hydrogen) atoms. The van der Waals surface area contributed by atoms with Gasteiger partial charge < -0.3 is 15.0 Å².